The van der Waals surface area contributed by atoms with Gasteiger partial charge in [-0.3, -0.25) is 28.8 Å². The summed E-state index contributed by atoms with van der Waals surface area (Å²) in [6.07, 6.45) is 4.20. The number of rotatable bonds is 15. The molecule has 0 saturated carbocycles. The van der Waals surface area contributed by atoms with Crippen molar-refractivity contribution in [1.29, 1.82) is 0 Å². The Morgan fingerprint density at radius 3 is 1.30 bits per heavy atom. The van der Waals surface area contributed by atoms with Gasteiger partial charge in [-0.2, -0.15) is 0 Å². The second-order valence-electron chi connectivity index (χ2n) is 9.95. The minimum Gasteiger partial charge on any atom is -0.508 e. The number of carbonyl (C=O) groups is 8. The summed E-state index contributed by atoms with van der Waals surface area (Å²) in [6, 6.07) is 2.92. The van der Waals surface area contributed by atoms with Crippen LogP contribution in [-0.2, 0) is 54.3 Å². The van der Waals surface area contributed by atoms with E-state index in [1.165, 1.54) is 33.3 Å². The van der Waals surface area contributed by atoms with E-state index in [4.69, 9.17) is 69.2 Å². The van der Waals surface area contributed by atoms with Crippen LogP contribution in [0.25, 0.3) is 0 Å². The van der Waals surface area contributed by atoms with E-state index in [1.807, 2.05) is 0 Å². The zero-order valence-corrected chi connectivity index (χ0v) is 29.8. The first-order chi connectivity index (χ1) is 24.4. The molecule has 0 heterocycles. The van der Waals surface area contributed by atoms with Crippen LogP contribution in [0.15, 0.2) is 36.4 Å². The zero-order valence-electron chi connectivity index (χ0n) is 29.8. The van der Waals surface area contributed by atoms with Crippen molar-refractivity contribution in [3.8, 4) is 5.75 Å². The van der Waals surface area contributed by atoms with Crippen molar-refractivity contribution in [3.63, 3.8) is 0 Å². The smallest absolute Gasteiger partial charge is 0.330 e. The van der Waals surface area contributed by atoms with E-state index in [0.29, 0.717) is 13.0 Å². The van der Waals surface area contributed by atoms with E-state index in [1.54, 1.807) is 12.1 Å². The van der Waals surface area contributed by atoms with Gasteiger partial charge in [-0.25, -0.2) is 9.59 Å². The number of carboxylic acid groups (broad SMARTS) is 6. The van der Waals surface area contributed by atoms with Gasteiger partial charge < -0.3 is 73.9 Å². The Bertz CT molecular complexity index is 1240. The minimum atomic E-state index is -1.17. The Labute approximate surface area is 305 Å². The topological polar surface area (TPSA) is 427 Å². The van der Waals surface area contributed by atoms with Crippen LogP contribution in [0.5, 0.6) is 5.75 Å². The molecule has 1 rings (SSSR count). The van der Waals surface area contributed by atoms with Gasteiger partial charge in [-0.1, -0.05) is 18.6 Å². The van der Waals surface area contributed by atoms with E-state index in [-0.39, 0.29) is 25.0 Å². The summed E-state index contributed by atoms with van der Waals surface area (Å²) in [5, 5.41) is 57.4. The number of hydrogen-bond donors (Lipinski definition) is 12. The number of esters is 2. The number of unbranched alkanes of at least 4 members (excludes halogenated alkanes) is 1. The molecule has 0 bridgehead atoms. The highest BCUT2D eigenvalue weighted by atomic mass is 16.5. The molecule has 0 aliphatic carbocycles. The van der Waals surface area contributed by atoms with Crippen LogP contribution in [-0.4, -0.2) is 128 Å². The standard InChI is InChI=1S/C9H11NO3.C6H14N2O2.C6H8O4.C5H9NO4.C3H7NO2.C2H4O2/c10-8(9(12)13)5-6-1-3-7(11)4-2-6;7-4-2-1-3-5(8)6(9)10;1-9-5(7)3-4-6(8)10-2;6-3(5(9)10)1-2-4(7)8;1-2(4)3(5)6;1-2(3)4/h1-4,8,11H,5,10H2,(H,12,13);5H,1-4,7-8H2,(H,9,10);3-4H,1-2H3;3H,1-2,6H2,(H,7,8)(H,9,10);2H,4H2,1H3,(H,5,6);1H3,(H,3,4)/b;;4-3+;;;/t8-;5-;;3-;2-;/m00.00./s1. The first-order valence-electron chi connectivity index (χ1n) is 15.1. The number of phenolic OH excluding ortho intramolecular Hbond substituents is 1. The molecular formula is C31H53N5O17. The van der Waals surface area contributed by atoms with Gasteiger partial charge in [-0.05, 0) is 56.8 Å². The first kappa shape index (κ1) is 56.7. The molecule has 0 fully saturated rings. The van der Waals surface area contributed by atoms with Crippen LogP contribution in [0, 0.1) is 0 Å². The number of methoxy groups -OCH3 is 2. The molecule has 304 valence electrons. The van der Waals surface area contributed by atoms with Crippen LogP contribution in [0.2, 0.25) is 0 Å². The molecule has 0 saturated heterocycles. The van der Waals surface area contributed by atoms with E-state index in [9.17, 15) is 33.6 Å². The fraction of sp³-hybridized carbons (Fsp3) is 0.484. The Morgan fingerprint density at radius 2 is 1.02 bits per heavy atom. The van der Waals surface area contributed by atoms with Gasteiger partial charge in [0.1, 0.15) is 29.9 Å². The summed E-state index contributed by atoms with van der Waals surface area (Å²) in [5.74, 6) is -6.94. The molecular weight excluding hydrogens is 714 g/mol. The Hall–Kier alpha value is -5.68. The second kappa shape index (κ2) is 36.1. The predicted octanol–water partition coefficient (Wildman–Crippen LogP) is -1.47. The van der Waals surface area contributed by atoms with Crippen molar-refractivity contribution < 1.29 is 83.6 Å². The van der Waals surface area contributed by atoms with Gasteiger partial charge in [0.2, 0.25) is 0 Å². The molecule has 0 aliphatic rings. The summed E-state index contributed by atoms with van der Waals surface area (Å²) in [7, 11) is 2.45. The molecule has 0 radical (unpaired) electrons. The Morgan fingerprint density at radius 1 is 0.660 bits per heavy atom. The van der Waals surface area contributed by atoms with Crippen LogP contribution in [0.3, 0.4) is 0 Å². The van der Waals surface area contributed by atoms with Crippen LogP contribution in [0.4, 0.5) is 0 Å². The maximum Gasteiger partial charge on any atom is 0.330 e. The summed E-state index contributed by atoms with van der Waals surface area (Å²) in [6.45, 7) is 3.11. The number of nitrogens with two attached hydrogens (primary N) is 5. The average molecular weight is 768 g/mol. The maximum absolute atomic E-state index is 10.4. The molecule has 0 spiro atoms. The van der Waals surface area contributed by atoms with Crippen molar-refractivity contribution in [2.75, 3.05) is 20.8 Å². The third-order valence-corrected chi connectivity index (χ3v) is 5.13. The molecule has 1 aromatic rings. The number of aromatic hydroxyl groups is 1. The van der Waals surface area contributed by atoms with Crippen molar-refractivity contribution in [1.82, 2.24) is 0 Å². The lowest BCUT2D eigenvalue weighted by atomic mass is 10.1. The van der Waals surface area contributed by atoms with Crippen molar-refractivity contribution in [2.24, 2.45) is 28.7 Å². The lowest BCUT2D eigenvalue weighted by Crippen LogP contribution is -2.32. The highest BCUT2D eigenvalue weighted by molar-refractivity contribution is 5.91. The molecule has 53 heavy (non-hydrogen) atoms. The van der Waals surface area contributed by atoms with Crippen molar-refractivity contribution in [3.05, 3.63) is 42.0 Å². The molecule has 22 nitrogen and oxygen atoms in total. The third kappa shape index (κ3) is 48.5. The first-order valence-corrected chi connectivity index (χ1v) is 15.1. The summed E-state index contributed by atoms with van der Waals surface area (Å²) >= 11 is 0. The summed E-state index contributed by atoms with van der Waals surface area (Å²) in [5.41, 5.74) is 26.4. The second-order valence-corrected chi connectivity index (χ2v) is 9.95. The Balaban J connectivity index is -0.000000179. The monoisotopic (exact) mass is 767 g/mol. The molecule has 17 N–H and O–H groups in total. The maximum atomic E-state index is 10.4. The third-order valence-electron chi connectivity index (χ3n) is 5.13. The number of aliphatic carboxylic acids is 6. The van der Waals surface area contributed by atoms with E-state index < -0.39 is 71.9 Å². The fourth-order valence-corrected chi connectivity index (χ4v) is 2.28. The van der Waals surface area contributed by atoms with Gasteiger partial charge in [0.05, 0.1) is 14.2 Å². The van der Waals surface area contributed by atoms with Gasteiger partial charge in [0.25, 0.3) is 5.97 Å². The molecule has 0 unspecified atom stereocenters. The molecule has 0 aliphatic heterocycles. The van der Waals surface area contributed by atoms with Crippen LogP contribution in [0.1, 0.15) is 51.5 Å². The number of carboxylic acids is 6. The number of hydrogen-bond acceptors (Lipinski definition) is 16. The minimum absolute atomic E-state index is 0.0231. The number of phenols is 1. The summed E-state index contributed by atoms with van der Waals surface area (Å²) < 4.78 is 8.42. The number of carbonyl (C=O) groups excluding carboxylic acids is 2. The van der Waals surface area contributed by atoms with Gasteiger partial charge in [0.15, 0.2) is 0 Å². The van der Waals surface area contributed by atoms with E-state index in [0.717, 1.165) is 37.5 Å². The van der Waals surface area contributed by atoms with Crippen molar-refractivity contribution >= 4 is 47.8 Å². The zero-order chi connectivity index (χ0) is 42.7. The Kier molecular flexibility index (Phi) is 38.6. The average Bonchev–Trinajstić information content (AvgIpc) is 3.07. The highest BCUT2D eigenvalue weighted by Gasteiger charge is 2.13. The highest BCUT2D eigenvalue weighted by Crippen LogP contribution is 2.10. The lowest BCUT2D eigenvalue weighted by Gasteiger charge is -2.05. The number of benzene rings is 1. The normalized spacial score (nSPS) is 11.6. The number of ether oxygens (including phenoxy) is 2. The molecule has 0 amide bonds. The molecule has 0 aromatic heterocycles. The van der Waals surface area contributed by atoms with Gasteiger partial charge >= 0.3 is 41.8 Å². The molecule has 4 atom stereocenters. The quantitative estimate of drug-likeness (QED) is 0.0550. The lowest BCUT2D eigenvalue weighted by molar-refractivity contribution is -0.141. The van der Waals surface area contributed by atoms with E-state index in [2.05, 4.69) is 9.47 Å². The van der Waals surface area contributed by atoms with Crippen molar-refractivity contribution in [2.45, 2.75) is 76.5 Å². The SMILES string of the molecule is CC(=O)O.COC(=O)/C=C/C(=O)OC.C[C@H](N)C(=O)O.NCCCC[C@H](N)C(=O)O.N[C@@H](CCC(=O)O)C(=O)O.N[C@@H](Cc1ccc(O)cc1)C(=O)O. The summed E-state index contributed by atoms with van der Waals surface area (Å²) in [4.78, 5) is 79.6. The molecule has 22 heteroatoms. The van der Waals surface area contributed by atoms with Gasteiger partial charge in [-0.15, -0.1) is 0 Å². The molecule has 1 aromatic carbocycles. The largest absolute Gasteiger partial charge is 0.508 e. The van der Waals surface area contributed by atoms with E-state index >= 15 is 0 Å². The van der Waals surface area contributed by atoms with Crippen LogP contribution >= 0.6 is 0 Å². The van der Waals surface area contributed by atoms with Gasteiger partial charge in [0, 0.05) is 25.5 Å². The predicted molar refractivity (Wildman–Crippen MR) is 186 cm³/mol. The fourth-order valence-electron chi connectivity index (χ4n) is 2.28. The van der Waals surface area contributed by atoms with Crippen LogP contribution < -0.4 is 28.7 Å².